The van der Waals surface area contributed by atoms with Crippen molar-refractivity contribution in [2.24, 2.45) is 0 Å². The SMILES string of the molecule is CC(=O)c1c(NN2CC[NH+](C)CC2)oc(C)cc1=O. The molecule has 6 nitrogen and oxygen atoms in total. The summed E-state index contributed by atoms with van der Waals surface area (Å²) in [5, 5.41) is 1.98. The second-order valence-corrected chi connectivity index (χ2v) is 5.04. The van der Waals surface area contributed by atoms with Gasteiger partial charge in [0, 0.05) is 6.07 Å². The smallest absolute Gasteiger partial charge is 0.222 e. The van der Waals surface area contributed by atoms with E-state index >= 15 is 0 Å². The predicted molar refractivity (Wildman–Crippen MR) is 71.5 cm³/mol. The van der Waals surface area contributed by atoms with Gasteiger partial charge < -0.3 is 9.32 Å². The van der Waals surface area contributed by atoms with Crippen LogP contribution in [0, 0.1) is 6.92 Å². The zero-order valence-electron chi connectivity index (χ0n) is 11.6. The molecule has 1 aromatic rings. The Balaban J connectivity index is 2.24. The van der Waals surface area contributed by atoms with E-state index in [1.807, 2.05) is 5.01 Å². The molecule has 1 aromatic heterocycles. The molecule has 0 unspecified atom stereocenters. The molecule has 0 saturated carbocycles. The number of aryl methyl sites for hydroxylation is 1. The third-order valence-corrected chi connectivity index (χ3v) is 3.30. The van der Waals surface area contributed by atoms with Crippen molar-refractivity contribution in [1.29, 1.82) is 0 Å². The molecular weight excluding hydrogens is 246 g/mol. The Morgan fingerprint density at radius 1 is 1.42 bits per heavy atom. The first-order chi connectivity index (χ1) is 8.97. The van der Waals surface area contributed by atoms with Gasteiger partial charge in [-0.25, -0.2) is 5.01 Å². The normalized spacial score (nSPS) is 17.4. The summed E-state index contributed by atoms with van der Waals surface area (Å²) in [5.74, 6) is 0.477. The summed E-state index contributed by atoms with van der Waals surface area (Å²) in [7, 11) is 2.14. The van der Waals surface area contributed by atoms with Crippen molar-refractivity contribution in [1.82, 2.24) is 5.01 Å². The Hall–Kier alpha value is -1.66. The monoisotopic (exact) mass is 266 g/mol. The highest BCUT2D eigenvalue weighted by atomic mass is 16.4. The van der Waals surface area contributed by atoms with Crippen LogP contribution in [-0.4, -0.2) is 44.0 Å². The Bertz CT molecular complexity index is 530. The number of Topliss-reactive ketones (excluding diaryl/α,β-unsaturated/α-hetero) is 1. The molecule has 6 heteroatoms. The van der Waals surface area contributed by atoms with E-state index < -0.39 is 0 Å². The van der Waals surface area contributed by atoms with Gasteiger partial charge in [-0.05, 0) is 13.8 Å². The molecule has 0 aromatic carbocycles. The molecule has 2 heterocycles. The van der Waals surface area contributed by atoms with Gasteiger partial charge >= 0.3 is 0 Å². The fourth-order valence-corrected chi connectivity index (χ4v) is 2.17. The van der Waals surface area contributed by atoms with Crippen molar-refractivity contribution in [3.63, 3.8) is 0 Å². The molecule has 1 aliphatic rings. The number of quaternary nitrogens is 1. The highest BCUT2D eigenvalue weighted by Gasteiger charge is 2.21. The van der Waals surface area contributed by atoms with E-state index in [1.165, 1.54) is 17.9 Å². The van der Waals surface area contributed by atoms with Crippen LogP contribution >= 0.6 is 0 Å². The fourth-order valence-electron chi connectivity index (χ4n) is 2.17. The van der Waals surface area contributed by atoms with Crippen LogP contribution in [0.2, 0.25) is 0 Å². The third kappa shape index (κ3) is 3.21. The van der Waals surface area contributed by atoms with Crippen molar-refractivity contribution >= 4 is 11.7 Å². The molecule has 1 aliphatic heterocycles. The van der Waals surface area contributed by atoms with Gasteiger partial charge in [-0.15, -0.1) is 0 Å². The summed E-state index contributed by atoms with van der Waals surface area (Å²) in [5.41, 5.74) is 2.87. The number of nitrogens with zero attached hydrogens (tertiary/aromatic N) is 1. The lowest BCUT2D eigenvalue weighted by Crippen LogP contribution is -3.12. The van der Waals surface area contributed by atoms with Crippen LogP contribution in [0.1, 0.15) is 23.0 Å². The molecule has 0 spiro atoms. The number of piperazine rings is 1. The molecule has 0 bridgehead atoms. The molecule has 0 radical (unpaired) electrons. The number of nitrogens with one attached hydrogen (secondary N) is 2. The highest BCUT2D eigenvalue weighted by molar-refractivity contribution is 5.98. The Labute approximate surface area is 112 Å². The molecule has 0 atom stereocenters. The summed E-state index contributed by atoms with van der Waals surface area (Å²) < 4.78 is 5.50. The number of hydrazine groups is 1. The maximum atomic E-state index is 11.9. The summed E-state index contributed by atoms with van der Waals surface area (Å²) in [4.78, 5) is 24.9. The van der Waals surface area contributed by atoms with Gasteiger partial charge in [0.05, 0.1) is 33.2 Å². The van der Waals surface area contributed by atoms with E-state index in [4.69, 9.17) is 4.42 Å². The van der Waals surface area contributed by atoms with E-state index in [9.17, 15) is 9.59 Å². The van der Waals surface area contributed by atoms with Gasteiger partial charge in [-0.1, -0.05) is 0 Å². The topological polar surface area (TPSA) is 67.0 Å². The fraction of sp³-hybridized carbons (Fsp3) is 0.538. The first-order valence-electron chi connectivity index (χ1n) is 6.46. The van der Waals surface area contributed by atoms with Gasteiger partial charge in [0.25, 0.3) is 0 Å². The van der Waals surface area contributed by atoms with Crippen LogP contribution in [0.5, 0.6) is 0 Å². The zero-order chi connectivity index (χ0) is 14.0. The summed E-state index contributed by atoms with van der Waals surface area (Å²) >= 11 is 0. The molecule has 104 valence electrons. The van der Waals surface area contributed by atoms with Crippen molar-refractivity contribution in [3.8, 4) is 0 Å². The number of ketones is 1. The van der Waals surface area contributed by atoms with Gasteiger partial charge in [0.1, 0.15) is 11.3 Å². The van der Waals surface area contributed by atoms with E-state index in [-0.39, 0.29) is 22.7 Å². The summed E-state index contributed by atoms with van der Waals surface area (Å²) in [6.07, 6.45) is 0. The van der Waals surface area contributed by atoms with Gasteiger partial charge in [0.15, 0.2) is 11.2 Å². The van der Waals surface area contributed by atoms with Crippen LogP contribution in [0.25, 0.3) is 0 Å². The van der Waals surface area contributed by atoms with Crippen molar-refractivity contribution in [2.45, 2.75) is 13.8 Å². The van der Waals surface area contributed by atoms with Crippen LogP contribution in [0.3, 0.4) is 0 Å². The number of hydrogen-bond donors (Lipinski definition) is 2. The molecule has 2 rings (SSSR count). The Kier molecular flexibility index (Phi) is 4.01. The average Bonchev–Trinajstić information content (AvgIpc) is 2.30. The molecule has 0 aliphatic carbocycles. The molecule has 0 amide bonds. The molecule has 1 saturated heterocycles. The lowest BCUT2D eigenvalue weighted by molar-refractivity contribution is -0.884. The van der Waals surface area contributed by atoms with Crippen LogP contribution < -0.4 is 15.8 Å². The number of anilines is 1. The van der Waals surface area contributed by atoms with Gasteiger partial charge in [-0.2, -0.15) is 0 Å². The Morgan fingerprint density at radius 2 is 2.05 bits per heavy atom. The quantitative estimate of drug-likeness (QED) is 0.709. The predicted octanol–water partition coefficient (Wildman–Crippen LogP) is -0.692. The van der Waals surface area contributed by atoms with Crippen molar-refractivity contribution in [2.75, 3.05) is 38.7 Å². The first kappa shape index (κ1) is 13.8. The molecule has 1 fully saturated rings. The van der Waals surface area contributed by atoms with E-state index in [0.29, 0.717) is 5.76 Å². The number of carbonyl (C=O) groups is 1. The van der Waals surface area contributed by atoms with E-state index in [1.54, 1.807) is 6.92 Å². The molecular formula is C13H20N3O3+. The van der Waals surface area contributed by atoms with Gasteiger partial charge in [-0.3, -0.25) is 15.0 Å². The maximum Gasteiger partial charge on any atom is 0.222 e. The Morgan fingerprint density at radius 3 is 2.63 bits per heavy atom. The minimum atomic E-state index is -0.293. The number of hydrogen-bond acceptors (Lipinski definition) is 5. The largest absolute Gasteiger partial charge is 0.444 e. The highest BCUT2D eigenvalue weighted by Crippen LogP contribution is 2.15. The number of carbonyl (C=O) groups excluding carboxylic acids is 1. The van der Waals surface area contributed by atoms with Crippen molar-refractivity contribution < 1.29 is 14.1 Å². The lowest BCUT2D eigenvalue weighted by atomic mass is 10.2. The van der Waals surface area contributed by atoms with E-state index in [2.05, 4.69) is 12.5 Å². The standard InChI is InChI=1S/C13H19N3O3/c1-9-8-11(18)12(10(2)17)13(19-9)14-16-6-4-15(3)5-7-16/h8,14H,4-7H2,1-3H3/p+1. The maximum absolute atomic E-state index is 11.9. The minimum absolute atomic E-state index is 0.0943. The van der Waals surface area contributed by atoms with Crippen LogP contribution in [0.4, 0.5) is 5.88 Å². The zero-order valence-corrected chi connectivity index (χ0v) is 11.6. The van der Waals surface area contributed by atoms with Gasteiger partial charge in [0.2, 0.25) is 5.88 Å². The third-order valence-electron chi connectivity index (χ3n) is 3.30. The number of rotatable bonds is 3. The first-order valence-corrected chi connectivity index (χ1v) is 6.46. The number of likely N-dealkylation sites (N-methyl/N-ethyl adjacent to an activating group) is 1. The summed E-state index contributed by atoms with van der Waals surface area (Å²) in [6, 6.07) is 1.34. The van der Waals surface area contributed by atoms with Crippen molar-refractivity contribution in [3.05, 3.63) is 27.6 Å². The second-order valence-electron chi connectivity index (χ2n) is 5.04. The summed E-state index contributed by atoms with van der Waals surface area (Å²) in [6.45, 7) is 6.80. The molecule has 2 N–H and O–H groups in total. The lowest BCUT2D eigenvalue weighted by Gasteiger charge is -2.30. The van der Waals surface area contributed by atoms with E-state index in [0.717, 1.165) is 26.2 Å². The van der Waals surface area contributed by atoms with Crippen LogP contribution in [0.15, 0.2) is 15.3 Å². The van der Waals surface area contributed by atoms with Crippen LogP contribution in [-0.2, 0) is 0 Å². The second kappa shape index (κ2) is 5.54. The average molecular weight is 266 g/mol. The molecule has 19 heavy (non-hydrogen) atoms. The minimum Gasteiger partial charge on any atom is -0.444 e.